The van der Waals surface area contributed by atoms with Crippen molar-refractivity contribution in [3.63, 3.8) is 0 Å². The van der Waals surface area contributed by atoms with Gasteiger partial charge in [0.25, 0.3) is 0 Å². The second-order valence-corrected chi connectivity index (χ2v) is 4.03. The lowest BCUT2D eigenvalue weighted by molar-refractivity contribution is -0.137. The van der Waals surface area contributed by atoms with E-state index >= 15 is 0 Å². The quantitative estimate of drug-likeness (QED) is 0.713. The summed E-state index contributed by atoms with van der Waals surface area (Å²) in [4.78, 5) is 25.5. The van der Waals surface area contributed by atoms with Crippen LogP contribution in [0.1, 0.15) is 0 Å². The first kappa shape index (κ1) is 15.2. The van der Waals surface area contributed by atoms with Crippen molar-refractivity contribution in [3.8, 4) is 6.07 Å². The summed E-state index contributed by atoms with van der Waals surface area (Å²) in [6.07, 6.45) is -0.660. The number of nitrogens with zero attached hydrogens (tertiary/aromatic N) is 3. The maximum Gasteiger partial charge on any atom is 0.323 e. The van der Waals surface area contributed by atoms with Crippen molar-refractivity contribution in [2.75, 3.05) is 46.5 Å². The largest absolute Gasteiger partial charge is 0.480 e. The van der Waals surface area contributed by atoms with Crippen LogP contribution in [-0.2, 0) is 14.3 Å². The molecule has 0 aromatic heterocycles. The summed E-state index contributed by atoms with van der Waals surface area (Å²) in [6, 6.07) is 1.52. The Labute approximate surface area is 111 Å². The third kappa shape index (κ3) is 4.73. The van der Waals surface area contributed by atoms with Crippen molar-refractivity contribution in [2.24, 2.45) is 0 Å². The van der Waals surface area contributed by atoms with Gasteiger partial charge >= 0.3 is 12.0 Å². The Morgan fingerprint density at radius 3 is 2.95 bits per heavy atom. The highest BCUT2D eigenvalue weighted by Gasteiger charge is 2.28. The maximum atomic E-state index is 12.2. The van der Waals surface area contributed by atoms with Gasteiger partial charge in [-0.05, 0) is 0 Å². The minimum absolute atomic E-state index is 0.151. The maximum absolute atomic E-state index is 12.2. The Kier molecular flexibility index (Phi) is 6.05. The van der Waals surface area contributed by atoms with E-state index in [1.54, 1.807) is 0 Å². The van der Waals surface area contributed by atoms with Gasteiger partial charge in [-0.15, -0.1) is 0 Å². The number of morpholine rings is 1. The summed E-state index contributed by atoms with van der Waals surface area (Å²) in [6.45, 7) is 0.825. The Hall–Kier alpha value is -1.85. The average molecular weight is 271 g/mol. The molecule has 0 aromatic rings. The van der Waals surface area contributed by atoms with E-state index in [4.69, 9.17) is 19.8 Å². The van der Waals surface area contributed by atoms with E-state index in [1.165, 1.54) is 16.9 Å². The van der Waals surface area contributed by atoms with Gasteiger partial charge in [-0.1, -0.05) is 0 Å². The van der Waals surface area contributed by atoms with Crippen molar-refractivity contribution >= 4 is 12.0 Å². The van der Waals surface area contributed by atoms with Crippen molar-refractivity contribution in [1.82, 2.24) is 9.80 Å². The van der Waals surface area contributed by atoms with Crippen molar-refractivity contribution in [3.05, 3.63) is 0 Å². The molecular weight excluding hydrogens is 254 g/mol. The Bertz CT molecular complexity index is 368. The van der Waals surface area contributed by atoms with Crippen molar-refractivity contribution < 1.29 is 24.2 Å². The minimum Gasteiger partial charge on any atom is -0.480 e. The number of amides is 2. The van der Waals surface area contributed by atoms with Crippen LogP contribution in [-0.4, -0.2) is 79.5 Å². The van der Waals surface area contributed by atoms with E-state index in [1.807, 2.05) is 6.07 Å². The summed E-state index contributed by atoms with van der Waals surface area (Å²) in [5.74, 6) is -1.09. The average Bonchev–Trinajstić information content (AvgIpc) is 2.42. The van der Waals surface area contributed by atoms with Gasteiger partial charge in [-0.2, -0.15) is 5.26 Å². The van der Waals surface area contributed by atoms with Crippen molar-refractivity contribution in [1.29, 1.82) is 5.26 Å². The first-order chi connectivity index (χ1) is 9.08. The standard InChI is InChI=1S/C11H17N3O5/c1-18-4-2-14(8-10(15)16)11(17)13-3-5-19-9(6-12)7-13/h9H,2-5,7-8H2,1H3,(H,15,16). The van der Waals surface area contributed by atoms with Crippen LogP contribution in [0.4, 0.5) is 4.79 Å². The molecule has 0 aromatic carbocycles. The van der Waals surface area contributed by atoms with E-state index in [-0.39, 0.29) is 26.3 Å². The molecule has 1 fully saturated rings. The number of urea groups is 1. The molecule has 8 heteroatoms. The number of carboxylic acids is 1. The van der Waals surface area contributed by atoms with Gasteiger partial charge in [0.15, 0.2) is 6.10 Å². The predicted octanol–water partition coefficient (Wildman–Crippen LogP) is -0.636. The molecule has 19 heavy (non-hydrogen) atoms. The van der Waals surface area contributed by atoms with E-state index in [0.29, 0.717) is 6.54 Å². The summed E-state index contributed by atoms with van der Waals surface area (Å²) in [5.41, 5.74) is 0. The number of methoxy groups -OCH3 is 1. The number of hydrogen-bond acceptors (Lipinski definition) is 5. The monoisotopic (exact) mass is 271 g/mol. The molecule has 1 N–H and O–H groups in total. The Balaban J connectivity index is 2.63. The Morgan fingerprint density at radius 2 is 2.37 bits per heavy atom. The third-order valence-corrected chi connectivity index (χ3v) is 2.64. The van der Waals surface area contributed by atoms with Gasteiger partial charge < -0.3 is 24.4 Å². The highest BCUT2D eigenvalue weighted by atomic mass is 16.5. The van der Waals surface area contributed by atoms with Crippen LogP contribution in [0.25, 0.3) is 0 Å². The van der Waals surface area contributed by atoms with Gasteiger partial charge in [0, 0.05) is 20.2 Å². The topological polar surface area (TPSA) is 103 Å². The predicted molar refractivity (Wildman–Crippen MR) is 63.4 cm³/mol. The lowest BCUT2D eigenvalue weighted by Crippen LogP contribution is -2.52. The molecule has 1 rings (SSSR count). The molecule has 8 nitrogen and oxygen atoms in total. The molecule has 0 spiro atoms. The second kappa shape index (κ2) is 7.56. The van der Waals surface area contributed by atoms with Gasteiger partial charge in [-0.25, -0.2) is 4.79 Å². The fraction of sp³-hybridized carbons (Fsp3) is 0.727. The molecule has 1 aliphatic rings. The smallest absolute Gasteiger partial charge is 0.323 e. The van der Waals surface area contributed by atoms with Crippen LogP contribution in [0.2, 0.25) is 0 Å². The van der Waals surface area contributed by atoms with E-state index in [0.717, 1.165) is 0 Å². The number of rotatable bonds is 5. The van der Waals surface area contributed by atoms with Crippen LogP contribution in [0, 0.1) is 11.3 Å². The molecule has 0 saturated carbocycles. The molecule has 0 radical (unpaired) electrons. The molecule has 106 valence electrons. The third-order valence-electron chi connectivity index (χ3n) is 2.64. The van der Waals surface area contributed by atoms with Crippen LogP contribution in [0.15, 0.2) is 0 Å². The highest BCUT2D eigenvalue weighted by molar-refractivity contribution is 5.80. The van der Waals surface area contributed by atoms with Crippen LogP contribution in [0.3, 0.4) is 0 Å². The van der Waals surface area contributed by atoms with Crippen LogP contribution in [0.5, 0.6) is 0 Å². The van der Waals surface area contributed by atoms with Crippen molar-refractivity contribution in [2.45, 2.75) is 6.10 Å². The fourth-order valence-electron chi connectivity index (χ4n) is 1.71. The molecule has 1 unspecified atom stereocenters. The lowest BCUT2D eigenvalue weighted by Gasteiger charge is -2.33. The first-order valence-corrected chi connectivity index (χ1v) is 5.84. The molecule has 1 saturated heterocycles. The number of carboxylic acid groups (broad SMARTS) is 1. The molecular formula is C11H17N3O5. The number of nitriles is 1. The zero-order valence-electron chi connectivity index (χ0n) is 10.7. The number of aliphatic carboxylic acids is 1. The van der Waals surface area contributed by atoms with Crippen LogP contribution < -0.4 is 0 Å². The zero-order chi connectivity index (χ0) is 14.3. The molecule has 0 aliphatic carbocycles. The second-order valence-electron chi connectivity index (χ2n) is 4.03. The fourth-order valence-corrected chi connectivity index (χ4v) is 1.71. The zero-order valence-corrected chi connectivity index (χ0v) is 10.7. The van der Waals surface area contributed by atoms with Gasteiger partial charge in [0.2, 0.25) is 0 Å². The molecule has 2 amide bonds. The summed E-state index contributed by atoms with van der Waals surface area (Å²) in [5, 5.41) is 17.6. The normalized spacial score (nSPS) is 18.7. The van der Waals surface area contributed by atoms with Gasteiger partial charge in [-0.3, -0.25) is 4.79 Å². The van der Waals surface area contributed by atoms with E-state index in [9.17, 15) is 9.59 Å². The molecule has 0 bridgehead atoms. The van der Waals surface area contributed by atoms with Crippen LogP contribution >= 0.6 is 0 Å². The number of carbonyl (C=O) groups excluding carboxylic acids is 1. The number of hydrogen-bond donors (Lipinski definition) is 1. The first-order valence-electron chi connectivity index (χ1n) is 5.84. The molecule has 1 atom stereocenters. The summed E-state index contributed by atoms with van der Waals surface area (Å²) < 4.78 is 9.99. The van der Waals surface area contributed by atoms with E-state index in [2.05, 4.69) is 0 Å². The van der Waals surface area contributed by atoms with Gasteiger partial charge in [0.05, 0.1) is 25.8 Å². The number of carbonyl (C=O) groups is 2. The highest BCUT2D eigenvalue weighted by Crippen LogP contribution is 2.08. The minimum atomic E-state index is -1.09. The molecule has 1 heterocycles. The SMILES string of the molecule is COCCN(CC(=O)O)C(=O)N1CCOC(C#N)C1. The lowest BCUT2D eigenvalue weighted by atomic mass is 10.3. The number of ether oxygens (including phenoxy) is 2. The summed E-state index contributed by atoms with van der Waals surface area (Å²) >= 11 is 0. The van der Waals surface area contributed by atoms with E-state index < -0.39 is 24.6 Å². The van der Waals surface area contributed by atoms with Gasteiger partial charge in [0.1, 0.15) is 6.54 Å². The summed E-state index contributed by atoms with van der Waals surface area (Å²) in [7, 11) is 1.48. The Morgan fingerprint density at radius 1 is 1.63 bits per heavy atom. The molecule has 1 aliphatic heterocycles.